The zero-order chi connectivity index (χ0) is 20.0. The molecule has 2 aliphatic rings. The van der Waals surface area contributed by atoms with Crippen LogP contribution in [0.5, 0.6) is 5.75 Å². The monoisotopic (exact) mass is 401 g/mol. The third-order valence-corrected chi connectivity index (χ3v) is 5.55. The summed E-state index contributed by atoms with van der Waals surface area (Å²) in [5.41, 5.74) is 4.23. The second kappa shape index (κ2) is 7.27. The summed E-state index contributed by atoms with van der Waals surface area (Å²) in [7, 11) is 1.72. The number of imidazole rings is 1. The van der Waals surface area contributed by atoms with Gasteiger partial charge in [0.25, 0.3) is 0 Å². The molecule has 29 heavy (non-hydrogen) atoms. The number of nitrogens with zero attached hydrogens (tertiary/aromatic N) is 3. The van der Waals surface area contributed by atoms with Crippen molar-refractivity contribution in [2.24, 2.45) is 0 Å². The number of benzene rings is 1. The summed E-state index contributed by atoms with van der Waals surface area (Å²) in [6.07, 6.45) is 2.43. The first-order valence-electron chi connectivity index (χ1n) is 9.58. The van der Waals surface area contributed by atoms with Gasteiger partial charge in [0.05, 0.1) is 29.8 Å². The van der Waals surface area contributed by atoms with Gasteiger partial charge in [-0.2, -0.15) is 8.78 Å². The van der Waals surface area contributed by atoms with Gasteiger partial charge in [0.15, 0.2) is 0 Å². The highest BCUT2D eigenvalue weighted by Crippen LogP contribution is 2.38. The molecule has 0 N–H and O–H groups in total. The van der Waals surface area contributed by atoms with E-state index in [-0.39, 0.29) is 11.9 Å². The van der Waals surface area contributed by atoms with E-state index in [2.05, 4.69) is 4.90 Å². The molecule has 0 amide bonds. The smallest absolute Gasteiger partial charge is 0.387 e. The SMILES string of the molecule is COC1CN(c2ccc3nc4c(n3c2)C(c2ccccc2OC(F)F)OCC4)C1. The van der Waals surface area contributed by atoms with Crippen molar-refractivity contribution in [2.75, 3.05) is 31.7 Å². The van der Waals surface area contributed by atoms with Gasteiger partial charge in [0.2, 0.25) is 0 Å². The van der Waals surface area contributed by atoms with E-state index < -0.39 is 12.7 Å². The number of hydrogen-bond acceptors (Lipinski definition) is 5. The minimum Gasteiger partial charge on any atom is -0.434 e. The van der Waals surface area contributed by atoms with E-state index in [0.29, 0.717) is 18.6 Å². The number of anilines is 1. The van der Waals surface area contributed by atoms with E-state index in [9.17, 15) is 8.78 Å². The predicted octanol–water partition coefficient (Wildman–Crippen LogP) is 3.43. The summed E-state index contributed by atoms with van der Waals surface area (Å²) in [4.78, 5) is 6.97. The van der Waals surface area contributed by atoms with Crippen molar-refractivity contribution in [1.29, 1.82) is 0 Å². The van der Waals surface area contributed by atoms with E-state index in [1.807, 2.05) is 22.7 Å². The number of fused-ring (bicyclic) bond motifs is 3. The number of halogens is 2. The number of alkyl halides is 2. The Morgan fingerprint density at radius 3 is 2.79 bits per heavy atom. The van der Waals surface area contributed by atoms with Gasteiger partial charge in [0, 0.05) is 38.4 Å². The van der Waals surface area contributed by atoms with Crippen molar-refractivity contribution in [2.45, 2.75) is 25.2 Å². The number of rotatable bonds is 5. The van der Waals surface area contributed by atoms with Crippen molar-refractivity contribution >= 4 is 11.3 Å². The molecule has 8 heteroatoms. The van der Waals surface area contributed by atoms with Gasteiger partial charge in [0.1, 0.15) is 17.5 Å². The number of methoxy groups -OCH3 is 1. The molecule has 3 aromatic rings. The Morgan fingerprint density at radius 1 is 1.17 bits per heavy atom. The Balaban J connectivity index is 1.57. The minimum atomic E-state index is -2.90. The van der Waals surface area contributed by atoms with E-state index in [4.69, 9.17) is 19.2 Å². The third-order valence-electron chi connectivity index (χ3n) is 5.55. The summed E-state index contributed by atoms with van der Waals surface area (Å²) in [6.45, 7) is -0.750. The lowest BCUT2D eigenvalue weighted by Crippen LogP contribution is -2.51. The van der Waals surface area contributed by atoms with Crippen molar-refractivity contribution in [3.05, 3.63) is 59.5 Å². The lowest BCUT2D eigenvalue weighted by Gasteiger charge is -2.39. The first-order valence-corrected chi connectivity index (χ1v) is 9.58. The molecule has 2 aliphatic heterocycles. The van der Waals surface area contributed by atoms with Crippen molar-refractivity contribution < 1.29 is 23.0 Å². The van der Waals surface area contributed by atoms with Crippen LogP contribution in [0.3, 0.4) is 0 Å². The van der Waals surface area contributed by atoms with Gasteiger partial charge >= 0.3 is 6.61 Å². The summed E-state index contributed by atoms with van der Waals surface area (Å²) < 4.78 is 44.0. The average Bonchev–Trinajstić information content (AvgIpc) is 3.05. The summed E-state index contributed by atoms with van der Waals surface area (Å²) >= 11 is 0. The van der Waals surface area contributed by atoms with Crippen molar-refractivity contribution in [1.82, 2.24) is 9.38 Å². The maximum absolute atomic E-state index is 12.9. The highest BCUT2D eigenvalue weighted by atomic mass is 19.3. The highest BCUT2D eigenvalue weighted by Gasteiger charge is 2.32. The predicted molar refractivity (Wildman–Crippen MR) is 103 cm³/mol. The number of pyridine rings is 1. The molecule has 0 saturated carbocycles. The van der Waals surface area contributed by atoms with Crippen LogP contribution in [0.4, 0.5) is 14.5 Å². The van der Waals surface area contributed by atoms with Gasteiger partial charge < -0.3 is 19.1 Å². The van der Waals surface area contributed by atoms with Crippen molar-refractivity contribution in [3.63, 3.8) is 0 Å². The molecule has 1 aromatic carbocycles. The molecule has 0 radical (unpaired) electrons. The fourth-order valence-corrected chi connectivity index (χ4v) is 4.04. The van der Waals surface area contributed by atoms with Crippen LogP contribution < -0.4 is 9.64 Å². The first kappa shape index (κ1) is 18.3. The van der Waals surface area contributed by atoms with Gasteiger partial charge in [-0.05, 0) is 18.2 Å². The molecule has 152 valence electrons. The maximum atomic E-state index is 12.9. The van der Waals surface area contributed by atoms with E-state index in [0.717, 1.165) is 35.8 Å². The van der Waals surface area contributed by atoms with E-state index in [1.165, 1.54) is 0 Å². The van der Waals surface area contributed by atoms with E-state index in [1.54, 1.807) is 31.4 Å². The van der Waals surface area contributed by atoms with Crippen LogP contribution in [0.25, 0.3) is 5.65 Å². The Morgan fingerprint density at radius 2 is 2.00 bits per heavy atom. The molecule has 1 unspecified atom stereocenters. The average molecular weight is 401 g/mol. The maximum Gasteiger partial charge on any atom is 0.387 e. The van der Waals surface area contributed by atoms with Crippen LogP contribution in [0.1, 0.15) is 23.1 Å². The molecule has 0 spiro atoms. The van der Waals surface area contributed by atoms with Gasteiger partial charge in [-0.1, -0.05) is 18.2 Å². The highest BCUT2D eigenvalue weighted by molar-refractivity contribution is 5.57. The second-order valence-corrected chi connectivity index (χ2v) is 7.24. The number of hydrogen-bond donors (Lipinski definition) is 0. The van der Waals surface area contributed by atoms with Gasteiger partial charge in [-0.15, -0.1) is 0 Å². The summed E-state index contributed by atoms with van der Waals surface area (Å²) in [5.74, 6) is 0.122. The topological polar surface area (TPSA) is 48.2 Å². The summed E-state index contributed by atoms with van der Waals surface area (Å²) in [5, 5.41) is 0. The molecular formula is C21H21F2N3O3. The molecule has 1 fully saturated rings. The van der Waals surface area contributed by atoms with Crippen LogP contribution in [-0.2, 0) is 15.9 Å². The molecule has 1 atom stereocenters. The van der Waals surface area contributed by atoms with Crippen LogP contribution in [-0.4, -0.2) is 48.9 Å². The Kier molecular flexibility index (Phi) is 4.60. The zero-order valence-electron chi connectivity index (χ0n) is 15.9. The van der Waals surface area contributed by atoms with Crippen LogP contribution in [0.15, 0.2) is 42.6 Å². The molecule has 4 heterocycles. The standard InChI is InChI=1S/C21H21F2N3O3/c1-27-14-11-25(12-14)13-6-7-18-24-16-8-9-28-20(19(16)26(18)10-13)15-4-2-3-5-17(15)29-21(22)23/h2-7,10,14,20-21H,8-9,11-12H2,1H3. The zero-order valence-corrected chi connectivity index (χ0v) is 15.9. The molecule has 6 nitrogen and oxygen atoms in total. The van der Waals surface area contributed by atoms with Crippen LogP contribution in [0, 0.1) is 0 Å². The molecule has 5 rings (SSSR count). The van der Waals surface area contributed by atoms with Gasteiger partial charge in [-0.3, -0.25) is 4.40 Å². The van der Waals surface area contributed by atoms with Gasteiger partial charge in [-0.25, -0.2) is 4.98 Å². The van der Waals surface area contributed by atoms with Crippen LogP contribution in [0.2, 0.25) is 0 Å². The minimum absolute atomic E-state index is 0.122. The molecule has 0 aliphatic carbocycles. The Hall–Kier alpha value is -2.71. The molecule has 1 saturated heterocycles. The lowest BCUT2D eigenvalue weighted by atomic mass is 10.0. The fraction of sp³-hybridized carbons (Fsp3) is 0.381. The first-order chi connectivity index (χ1) is 14.1. The quantitative estimate of drug-likeness (QED) is 0.656. The number of aromatic nitrogens is 2. The number of ether oxygens (including phenoxy) is 3. The second-order valence-electron chi connectivity index (χ2n) is 7.24. The summed E-state index contributed by atoms with van der Waals surface area (Å²) in [6, 6.07) is 10.8. The normalized spacial score (nSPS) is 19.4. The molecular weight excluding hydrogens is 380 g/mol. The fourth-order valence-electron chi connectivity index (χ4n) is 4.04. The lowest BCUT2D eigenvalue weighted by molar-refractivity contribution is -0.0522. The Labute approximate surface area is 166 Å². The Bertz CT molecular complexity index is 1030. The molecule has 2 aromatic heterocycles. The van der Waals surface area contributed by atoms with Crippen molar-refractivity contribution in [3.8, 4) is 5.75 Å². The largest absolute Gasteiger partial charge is 0.434 e. The number of para-hydroxylation sites is 1. The molecule has 0 bridgehead atoms. The van der Waals surface area contributed by atoms with Crippen LogP contribution >= 0.6 is 0 Å². The van der Waals surface area contributed by atoms with E-state index >= 15 is 0 Å². The third kappa shape index (κ3) is 3.22.